The standard InChI is InChI=1S/C21H17N3O4/c1-14-8-9-24-19(11-14)22-15(12-20(24)25)13-28-17-6-3-2-5-16(17)23-21(26)18-7-4-10-27-18/h2-12H,13H2,1H3,(H,23,26). The zero-order valence-electron chi connectivity index (χ0n) is 15.1. The summed E-state index contributed by atoms with van der Waals surface area (Å²) >= 11 is 0. The second kappa shape index (κ2) is 7.40. The SMILES string of the molecule is Cc1ccn2c(=O)cc(COc3ccccc3NC(=O)c3ccco3)nc2c1. The summed E-state index contributed by atoms with van der Waals surface area (Å²) in [5.74, 6) is 0.293. The Morgan fingerprint density at radius 1 is 1.18 bits per heavy atom. The highest BCUT2D eigenvalue weighted by Gasteiger charge is 2.12. The van der Waals surface area contributed by atoms with Crippen LogP contribution >= 0.6 is 0 Å². The van der Waals surface area contributed by atoms with Gasteiger partial charge in [-0.3, -0.25) is 14.0 Å². The van der Waals surface area contributed by atoms with Gasteiger partial charge < -0.3 is 14.5 Å². The Morgan fingerprint density at radius 3 is 2.86 bits per heavy atom. The van der Waals surface area contributed by atoms with Crippen molar-refractivity contribution in [1.29, 1.82) is 0 Å². The molecule has 1 aromatic carbocycles. The number of hydrogen-bond acceptors (Lipinski definition) is 5. The van der Waals surface area contributed by atoms with Crippen LogP contribution in [-0.2, 0) is 6.61 Å². The topological polar surface area (TPSA) is 85.8 Å². The minimum atomic E-state index is -0.376. The van der Waals surface area contributed by atoms with E-state index in [9.17, 15) is 9.59 Å². The molecule has 28 heavy (non-hydrogen) atoms. The molecular weight excluding hydrogens is 358 g/mol. The van der Waals surface area contributed by atoms with E-state index in [0.717, 1.165) is 5.56 Å². The highest BCUT2D eigenvalue weighted by molar-refractivity contribution is 6.03. The van der Waals surface area contributed by atoms with Gasteiger partial charge in [0.05, 0.1) is 17.6 Å². The number of carbonyl (C=O) groups is 1. The van der Waals surface area contributed by atoms with Gasteiger partial charge in [0.25, 0.3) is 11.5 Å². The largest absolute Gasteiger partial charge is 0.485 e. The minimum Gasteiger partial charge on any atom is -0.485 e. The molecule has 0 aliphatic rings. The molecule has 0 atom stereocenters. The Morgan fingerprint density at radius 2 is 2.04 bits per heavy atom. The number of nitrogens with zero attached hydrogens (tertiary/aromatic N) is 2. The number of benzene rings is 1. The number of aryl methyl sites for hydroxylation is 1. The smallest absolute Gasteiger partial charge is 0.291 e. The summed E-state index contributed by atoms with van der Waals surface area (Å²) in [6, 6.07) is 15.4. The molecule has 0 saturated heterocycles. The Bertz CT molecular complexity index is 1200. The molecule has 0 aliphatic heterocycles. The number of ether oxygens (including phenoxy) is 1. The third-order valence-corrected chi connectivity index (χ3v) is 4.13. The van der Waals surface area contributed by atoms with E-state index in [2.05, 4.69) is 10.3 Å². The molecule has 4 aromatic rings. The number of furan rings is 1. The fraction of sp³-hybridized carbons (Fsp3) is 0.0952. The van der Waals surface area contributed by atoms with E-state index < -0.39 is 0 Å². The maximum atomic E-state index is 12.3. The lowest BCUT2D eigenvalue weighted by Crippen LogP contribution is -2.16. The van der Waals surface area contributed by atoms with Crippen molar-refractivity contribution in [2.24, 2.45) is 0 Å². The molecule has 3 heterocycles. The molecule has 4 rings (SSSR count). The fourth-order valence-electron chi connectivity index (χ4n) is 2.77. The van der Waals surface area contributed by atoms with E-state index in [1.165, 1.54) is 16.7 Å². The van der Waals surface area contributed by atoms with Crippen molar-refractivity contribution >= 4 is 17.2 Å². The lowest BCUT2D eigenvalue weighted by atomic mass is 10.2. The molecule has 1 N–H and O–H groups in total. The van der Waals surface area contributed by atoms with Gasteiger partial charge in [-0.1, -0.05) is 12.1 Å². The van der Waals surface area contributed by atoms with Crippen LogP contribution in [-0.4, -0.2) is 15.3 Å². The van der Waals surface area contributed by atoms with Crippen LogP contribution in [0.25, 0.3) is 5.65 Å². The zero-order chi connectivity index (χ0) is 19.5. The van der Waals surface area contributed by atoms with Crippen LogP contribution in [0.2, 0.25) is 0 Å². The van der Waals surface area contributed by atoms with Crippen LogP contribution in [0.4, 0.5) is 5.69 Å². The number of hydrogen-bond donors (Lipinski definition) is 1. The van der Waals surface area contributed by atoms with Crippen molar-refractivity contribution < 1.29 is 13.9 Å². The number of carbonyl (C=O) groups excluding carboxylic acids is 1. The number of rotatable bonds is 5. The second-order valence-electron chi connectivity index (χ2n) is 6.23. The van der Waals surface area contributed by atoms with Crippen LogP contribution in [0, 0.1) is 6.92 Å². The molecule has 0 aliphatic carbocycles. The molecule has 3 aromatic heterocycles. The molecule has 7 nitrogen and oxygen atoms in total. The first kappa shape index (κ1) is 17.5. The number of amides is 1. The first-order valence-corrected chi connectivity index (χ1v) is 8.66. The van der Waals surface area contributed by atoms with Crippen molar-refractivity contribution in [3.63, 3.8) is 0 Å². The lowest BCUT2D eigenvalue weighted by Gasteiger charge is -2.12. The van der Waals surface area contributed by atoms with E-state index in [4.69, 9.17) is 9.15 Å². The molecule has 1 amide bonds. The maximum absolute atomic E-state index is 12.3. The van der Waals surface area contributed by atoms with Crippen LogP contribution in [0.5, 0.6) is 5.75 Å². The van der Waals surface area contributed by atoms with Crippen molar-refractivity contribution in [2.45, 2.75) is 13.5 Å². The summed E-state index contributed by atoms with van der Waals surface area (Å²) < 4.78 is 12.4. The van der Waals surface area contributed by atoms with Crippen LogP contribution in [0.15, 0.2) is 76.3 Å². The Kier molecular flexibility index (Phi) is 4.63. The van der Waals surface area contributed by atoms with E-state index in [1.807, 2.05) is 19.1 Å². The number of fused-ring (bicyclic) bond motifs is 1. The van der Waals surface area contributed by atoms with Gasteiger partial charge in [0.2, 0.25) is 0 Å². The highest BCUT2D eigenvalue weighted by atomic mass is 16.5. The average molecular weight is 375 g/mol. The predicted molar refractivity (Wildman–Crippen MR) is 104 cm³/mol. The Hall–Kier alpha value is -3.87. The first-order valence-electron chi connectivity index (χ1n) is 8.66. The van der Waals surface area contributed by atoms with E-state index in [1.54, 1.807) is 42.6 Å². The maximum Gasteiger partial charge on any atom is 0.291 e. The summed E-state index contributed by atoms with van der Waals surface area (Å²) in [5.41, 5.74) is 2.39. The molecule has 0 fully saturated rings. The second-order valence-corrected chi connectivity index (χ2v) is 6.23. The van der Waals surface area contributed by atoms with Crippen LogP contribution in [0.1, 0.15) is 21.8 Å². The molecule has 0 saturated carbocycles. The molecule has 140 valence electrons. The molecule has 0 radical (unpaired) electrons. The number of nitrogens with one attached hydrogen (secondary N) is 1. The van der Waals surface area contributed by atoms with Crippen LogP contribution < -0.4 is 15.6 Å². The van der Waals surface area contributed by atoms with Crippen LogP contribution in [0.3, 0.4) is 0 Å². The third kappa shape index (κ3) is 3.64. The van der Waals surface area contributed by atoms with Gasteiger partial charge >= 0.3 is 0 Å². The van der Waals surface area contributed by atoms with Crippen molar-refractivity contribution in [2.75, 3.05) is 5.32 Å². The Balaban J connectivity index is 1.55. The number of aromatic nitrogens is 2. The van der Waals surface area contributed by atoms with Crippen molar-refractivity contribution in [3.05, 3.63) is 94.4 Å². The van der Waals surface area contributed by atoms with Crippen molar-refractivity contribution in [1.82, 2.24) is 9.38 Å². The van der Waals surface area contributed by atoms with E-state index in [0.29, 0.717) is 22.8 Å². The van der Waals surface area contributed by atoms with Gasteiger partial charge in [-0.15, -0.1) is 0 Å². The molecule has 0 spiro atoms. The summed E-state index contributed by atoms with van der Waals surface area (Å²) in [6.07, 6.45) is 3.13. The van der Waals surface area contributed by atoms with Gasteiger partial charge in [0.15, 0.2) is 5.76 Å². The zero-order valence-corrected chi connectivity index (χ0v) is 15.1. The number of para-hydroxylation sites is 2. The third-order valence-electron chi connectivity index (χ3n) is 4.13. The minimum absolute atomic E-state index is 0.0906. The molecule has 7 heteroatoms. The van der Waals surface area contributed by atoms with Gasteiger partial charge in [0, 0.05) is 12.3 Å². The quantitative estimate of drug-likeness (QED) is 0.578. The van der Waals surface area contributed by atoms with Gasteiger partial charge in [-0.2, -0.15) is 0 Å². The van der Waals surface area contributed by atoms with Gasteiger partial charge in [-0.25, -0.2) is 4.98 Å². The predicted octanol–water partition coefficient (Wildman–Crippen LogP) is 3.43. The molecule has 0 unspecified atom stereocenters. The molecular formula is C21H17N3O4. The number of anilines is 1. The van der Waals surface area contributed by atoms with Gasteiger partial charge in [-0.05, 0) is 48.9 Å². The summed E-state index contributed by atoms with van der Waals surface area (Å²) in [7, 11) is 0. The molecule has 0 bridgehead atoms. The van der Waals surface area contributed by atoms with E-state index >= 15 is 0 Å². The normalized spacial score (nSPS) is 10.8. The number of pyridine rings is 1. The monoisotopic (exact) mass is 375 g/mol. The van der Waals surface area contributed by atoms with Gasteiger partial charge in [0.1, 0.15) is 18.0 Å². The summed E-state index contributed by atoms with van der Waals surface area (Å²) in [4.78, 5) is 29.0. The van der Waals surface area contributed by atoms with Crippen molar-refractivity contribution in [3.8, 4) is 5.75 Å². The Labute approximate surface area is 160 Å². The highest BCUT2D eigenvalue weighted by Crippen LogP contribution is 2.25. The lowest BCUT2D eigenvalue weighted by molar-refractivity contribution is 0.0996. The summed E-state index contributed by atoms with van der Waals surface area (Å²) in [5, 5.41) is 2.75. The summed E-state index contributed by atoms with van der Waals surface area (Å²) in [6.45, 7) is 2.03. The first-order chi connectivity index (χ1) is 13.6. The van der Waals surface area contributed by atoms with E-state index in [-0.39, 0.29) is 23.8 Å². The fourth-order valence-corrected chi connectivity index (χ4v) is 2.77. The average Bonchev–Trinajstić information content (AvgIpc) is 3.22.